The molecule has 1 aliphatic heterocycles. The number of nitrogens with one attached hydrogen (secondary N) is 2. The second kappa shape index (κ2) is 7.89. The van der Waals surface area contributed by atoms with Gasteiger partial charge in [-0.3, -0.25) is 0 Å². The summed E-state index contributed by atoms with van der Waals surface area (Å²) in [5.41, 5.74) is 1.21. The molecule has 0 bridgehead atoms. The van der Waals surface area contributed by atoms with Gasteiger partial charge in [-0.2, -0.15) is 0 Å². The minimum Gasteiger partial charge on any atom is -0.376 e. The van der Waals surface area contributed by atoms with Crippen molar-refractivity contribution in [2.24, 2.45) is 5.92 Å². The molecule has 1 atom stereocenters. The number of sulfone groups is 1. The Morgan fingerprint density at radius 1 is 1.42 bits per heavy atom. The maximum atomic E-state index is 12.3. The molecule has 1 aromatic carbocycles. The number of amides is 2. The van der Waals surface area contributed by atoms with Crippen LogP contribution in [-0.4, -0.2) is 44.4 Å². The lowest BCUT2D eigenvalue weighted by Crippen LogP contribution is -2.34. The van der Waals surface area contributed by atoms with E-state index in [-0.39, 0.29) is 28.1 Å². The summed E-state index contributed by atoms with van der Waals surface area (Å²) in [6.45, 7) is 4.95. The van der Waals surface area contributed by atoms with Gasteiger partial charge in [0, 0.05) is 18.8 Å². The smallest absolute Gasteiger partial charge is 0.319 e. The van der Waals surface area contributed by atoms with E-state index in [1.165, 1.54) is 0 Å². The van der Waals surface area contributed by atoms with Crippen LogP contribution >= 0.6 is 11.3 Å². The quantitative estimate of drug-likeness (QED) is 0.781. The highest BCUT2D eigenvalue weighted by Gasteiger charge is 2.21. The topological polar surface area (TPSA) is 97.4 Å². The number of benzene rings is 1. The fourth-order valence-corrected chi connectivity index (χ4v) is 5.79. The van der Waals surface area contributed by atoms with Gasteiger partial charge in [-0.15, -0.1) is 11.3 Å². The lowest BCUT2D eigenvalue weighted by molar-refractivity contribution is 0.112. The van der Waals surface area contributed by atoms with E-state index in [0.717, 1.165) is 35.5 Å². The average molecular weight is 398 g/mol. The van der Waals surface area contributed by atoms with Gasteiger partial charge >= 0.3 is 6.03 Å². The van der Waals surface area contributed by atoms with Crippen LogP contribution in [0.15, 0.2) is 22.5 Å². The van der Waals surface area contributed by atoms with Crippen molar-refractivity contribution in [2.75, 3.05) is 24.2 Å². The van der Waals surface area contributed by atoms with Gasteiger partial charge in [0.15, 0.2) is 0 Å². The Morgan fingerprint density at radius 2 is 2.23 bits per heavy atom. The molecule has 2 aromatic rings. The minimum atomic E-state index is -3.38. The normalized spacial score (nSPS) is 17.7. The molecular weight excluding hydrogens is 374 g/mol. The molecule has 2 heterocycles. The van der Waals surface area contributed by atoms with E-state index in [1.807, 2.05) is 13.8 Å². The van der Waals surface area contributed by atoms with Crippen LogP contribution < -0.4 is 10.6 Å². The molecule has 2 N–H and O–H groups in total. The van der Waals surface area contributed by atoms with Crippen molar-refractivity contribution < 1.29 is 17.9 Å². The molecule has 1 unspecified atom stereocenters. The van der Waals surface area contributed by atoms with Gasteiger partial charge in [-0.25, -0.2) is 18.2 Å². The molecule has 0 spiro atoms. The Kier molecular flexibility index (Phi) is 5.79. The second-order valence-corrected chi connectivity index (χ2v) is 10.0. The monoisotopic (exact) mass is 397 g/mol. The summed E-state index contributed by atoms with van der Waals surface area (Å²) in [7, 11) is -3.38. The number of hydrogen-bond acceptors (Lipinski definition) is 6. The summed E-state index contributed by atoms with van der Waals surface area (Å²) in [5.74, 6) is 0.112. The van der Waals surface area contributed by atoms with Crippen LogP contribution in [-0.2, 0) is 14.6 Å². The Balaban J connectivity index is 1.67. The number of carbonyl (C=O) groups is 1. The van der Waals surface area contributed by atoms with Crippen LogP contribution in [0.25, 0.3) is 10.2 Å². The molecule has 0 radical (unpaired) electrons. The Morgan fingerprint density at radius 3 is 2.92 bits per heavy atom. The zero-order valence-corrected chi connectivity index (χ0v) is 16.5. The second-order valence-electron chi connectivity index (χ2n) is 6.81. The number of carbonyl (C=O) groups excluding carboxylic acids is 1. The first-order valence-corrected chi connectivity index (χ1v) is 11.1. The van der Waals surface area contributed by atoms with E-state index < -0.39 is 9.84 Å². The number of anilines is 1. The summed E-state index contributed by atoms with van der Waals surface area (Å²) < 4.78 is 31.0. The Bertz CT molecular complexity index is 887. The SMILES string of the molecule is CC(C)CS(=O)(=O)c1nc2ccc(NC(=O)NCC3CCCO3)cc2s1. The number of hydrogen-bond donors (Lipinski definition) is 2. The van der Waals surface area contributed by atoms with Crippen molar-refractivity contribution in [3.63, 3.8) is 0 Å². The highest BCUT2D eigenvalue weighted by atomic mass is 32.2. The molecule has 7 nitrogen and oxygen atoms in total. The van der Waals surface area contributed by atoms with Crippen molar-refractivity contribution in [1.29, 1.82) is 0 Å². The summed E-state index contributed by atoms with van der Waals surface area (Å²) >= 11 is 1.13. The van der Waals surface area contributed by atoms with Crippen LogP contribution in [0.3, 0.4) is 0 Å². The van der Waals surface area contributed by atoms with Crippen LogP contribution in [0.4, 0.5) is 10.5 Å². The highest BCUT2D eigenvalue weighted by Crippen LogP contribution is 2.29. The van der Waals surface area contributed by atoms with Crippen LogP contribution in [0.5, 0.6) is 0 Å². The predicted molar refractivity (Wildman–Crippen MR) is 103 cm³/mol. The van der Waals surface area contributed by atoms with E-state index in [2.05, 4.69) is 15.6 Å². The van der Waals surface area contributed by atoms with Gasteiger partial charge in [0.2, 0.25) is 14.2 Å². The number of fused-ring (bicyclic) bond motifs is 1. The fourth-order valence-electron chi connectivity index (χ4n) is 2.81. The molecule has 9 heteroatoms. The standard InChI is InChI=1S/C17H23N3O4S2/c1-11(2)10-26(22,23)17-20-14-6-5-12(8-15(14)25-17)19-16(21)18-9-13-4-3-7-24-13/h5-6,8,11,13H,3-4,7,9-10H2,1-2H3,(H2,18,19,21). The van der Waals surface area contributed by atoms with Crippen LogP contribution in [0.2, 0.25) is 0 Å². The van der Waals surface area contributed by atoms with Crippen molar-refractivity contribution in [3.8, 4) is 0 Å². The lowest BCUT2D eigenvalue weighted by Gasteiger charge is -2.11. The van der Waals surface area contributed by atoms with E-state index in [0.29, 0.717) is 17.7 Å². The molecule has 0 aliphatic carbocycles. The Hall–Kier alpha value is -1.71. The maximum Gasteiger partial charge on any atom is 0.319 e. The summed E-state index contributed by atoms with van der Waals surface area (Å²) in [4.78, 5) is 16.2. The third-order valence-corrected chi connectivity index (χ3v) is 7.51. The molecule has 0 saturated carbocycles. The third-order valence-electron chi connectivity index (χ3n) is 3.96. The number of thiazole rings is 1. The molecule has 1 saturated heterocycles. The molecule has 1 fully saturated rings. The number of urea groups is 1. The molecule has 2 amide bonds. The number of nitrogens with zero attached hydrogens (tertiary/aromatic N) is 1. The zero-order valence-electron chi connectivity index (χ0n) is 14.8. The maximum absolute atomic E-state index is 12.3. The average Bonchev–Trinajstić information content (AvgIpc) is 3.21. The largest absolute Gasteiger partial charge is 0.376 e. The Labute approximate surface area is 157 Å². The molecule has 1 aliphatic rings. The molecular formula is C17H23N3O4S2. The number of ether oxygens (including phenoxy) is 1. The summed E-state index contributed by atoms with van der Waals surface area (Å²) in [6, 6.07) is 4.87. The van der Waals surface area contributed by atoms with Crippen molar-refractivity contribution in [3.05, 3.63) is 18.2 Å². The first-order valence-electron chi connectivity index (χ1n) is 8.63. The van der Waals surface area contributed by atoms with Gasteiger partial charge in [-0.1, -0.05) is 13.8 Å². The minimum absolute atomic E-state index is 0.0387. The van der Waals surface area contributed by atoms with E-state index >= 15 is 0 Å². The van der Waals surface area contributed by atoms with Gasteiger partial charge < -0.3 is 15.4 Å². The van der Waals surface area contributed by atoms with E-state index in [4.69, 9.17) is 4.74 Å². The highest BCUT2D eigenvalue weighted by molar-refractivity contribution is 7.93. The van der Waals surface area contributed by atoms with Gasteiger partial charge in [0.25, 0.3) is 0 Å². The van der Waals surface area contributed by atoms with Crippen molar-refractivity contribution in [1.82, 2.24) is 10.3 Å². The predicted octanol–water partition coefficient (Wildman–Crippen LogP) is 3.03. The number of rotatable bonds is 6. The number of aromatic nitrogens is 1. The van der Waals surface area contributed by atoms with E-state index in [1.54, 1.807) is 18.2 Å². The molecule has 26 heavy (non-hydrogen) atoms. The fraction of sp³-hybridized carbons (Fsp3) is 0.529. The van der Waals surface area contributed by atoms with Crippen LogP contribution in [0, 0.1) is 5.92 Å². The molecule has 3 rings (SSSR count). The zero-order chi connectivity index (χ0) is 18.7. The first-order chi connectivity index (χ1) is 12.3. The molecule has 142 valence electrons. The van der Waals surface area contributed by atoms with Crippen molar-refractivity contribution in [2.45, 2.75) is 37.1 Å². The molecule has 1 aromatic heterocycles. The van der Waals surface area contributed by atoms with Gasteiger partial charge in [0.05, 0.1) is 22.1 Å². The van der Waals surface area contributed by atoms with Gasteiger partial charge in [0.1, 0.15) is 0 Å². The summed E-state index contributed by atoms with van der Waals surface area (Å²) in [5, 5.41) is 5.55. The first kappa shape index (κ1) is 19.1. The summed E-state index contributed by atoms with van der Waals surface area (Å²) in [6.07, 6.45) is 2.07. The van der Waals surface area contributed by atoms with Gasteiger partial charge in [-0.05, 0) is 37.0 Å². The van der Waals surface area contributed by atoms with Crippen molar-refractivity contribution >= 4 is 43.1 Å². The van der Waals surface area contributed by atoms with Crippen LogP contribution in [0.1, 0.15) is 26.7 Å². The van der Waals surface area contributed by atoms with E-state index in [9.17, 15) is 13.2 Å². The lowest BCUT2D eigenvalue weighted by atomic mass is 10.2. The third kappa shape index (κ3) is 4.72.